The molecule has 2 nitrogen and oxygen atoms in total. The van der Waals surface area contributed by atoms with Gasteiger partial charge in [0.05, 0.1) is 5.92 Å². The molecule has 0 aromatic carbocycles. The third-order valence-corrected chi connectivity index (χ3v) is 2.65. The highest BCUT2D eigenvalue weighted by Crippen LogP contribution is 2.42. The van der Waals surface area contributed by atoms with Crippen molar-refractivity contribution in [3.8, 4) is 0 Å². The van der Waals surface area contributed by atoms with E-state index in [4.69, 9.17) is 0 Å². The van der Waals surface area contributed by atoms with E-state index in [9.17, 15) is 9.90 Å². The summed E-state index contributed by atoms with van der Waals surface area (Å²) in [6, 6.07) is 0. The standard InChI is InChI=1S/C10H17O2/c1-2-3-4-5-6-8-7-9(8)10(11)12/h8-9H,2-7H2,1H3. The van der Waals surface area contributed by atoms with E-state index in [1.807, 2.05) is 0 Å². The quantitative estimate of drug-likeness (QED) is 0.563. The molecule has 0 amide bonds. The minimum atomic E-state index is -0.838. The molecule has 0 bridgehead atoms. The normalized spacial score (nSPS) is 27.1. The van der Waals surface area contributed by atoms with Crippen molar-refractivity contribution in [3.63, 3.8) is 0 Å². The van der Waals surface area contributed by atoms with Crippen molar-refractivity contribution in [2.45, 2.75) is 45.4 Å². The smallest absolute Gasteiger partial charge is 0.247 e. The van der Waals surface area contributed by atoms with Crippen molar-refractivity contribution in [2.75, 3.05) is 0 Å². The topological polar surface area (TPSA) is 37.0 Å². The number of hydrogen-bond donors (Lipinski definition) is 0. The molecule has 2 unspecified atom stereocenters. The molecule has 0 aliphatic heterocycles. The van der Waals surface area contributed by atoms with E-state index in [1.54, 1.807) is 0 Å². The van der Waals surface area contributed by atoms with Crippen LogP contribution in [0.1, 0.15) is 45.4 Å². The molecule has 2 atom stereocenters. The van der Waals surface area contributed by atoms with Crippen molar-refractivity contribution in [1.29, 1.82) is 0 Å². The Bertz CT molecular complexity index is 154. The Morgan fingerprint density at radius 1 is 1.33 bits per heavy atom. The predicted molar refractivity (Wildman–Crippen MR) is 46.0 cm³/mol. The minimum absolute atomic E-state index is 0.105. The van der Waals surface area contributed by atoms with Crippen molar-refractivity contribution in [3.05, 3.63) is 0 Å². The average Bonchev–Trinajstić information content (AvgIpc) is 2.77. The van der Waals surface area contributed by atoms with E-state index in [0.717, 1.165) is 12.8 Å². The van der Waals surface area contributed by atoms with Crippen LogP contribution in [0.15, 0.2) is 0 Å². The summed E-state index contributed by atoms with van der Waals surface area (Å²) >= 11 is 0. The summed E-state index contributed by atoms with van der Waals surface area (Å²) in [6.07, 6.45) is 6.94. The number of unbranched alkanes of at least 4 members (excludes halogenated alkanes) is 3. The lowest BCUT2D eigenvalue weighted by molar-refractivity contribution is -0.145. The van der Waals surface area contributed by atoms with Crippen LogP contribution in [-0.2, 0) is 9.90 Å². The SMILES string of the molecule is CCCCCCC1CC1C([O])=O. The van der Waals surface area contributed by atoms with Crippen LogP contribution < -0.4 is 0 Å². The van der Waals surface area contributed by atoms with Gasteiger partial charge in [-0.25, -0.2) is 9.90 Å². The van der Waals surface area contributed by atoms with E-state index >= 15 is 0 Å². The van der Waals surface area contributed by atoms with Gasteiger partial charge in [-0.05, 0) is 18.8 Å². The molecule has 69 valence electrons. The lowest BCUT2D eigenvalue weighted by atomic mass is 10.1. The minimum Gasteiger partial charge on any atom is -0.247 e. The monoisotopic (exact) mass is 169 g/mol. The number of rotatable bonds is 6. The van der Waals surface area contributed by atoms with Crippen LogP contribution in [0, 0.1) is 11.8 Å². The highest BCUT2D eigenvalue weighted by molar-refractivity contribution is 5.72. The molecule has 1 rings (SSSR count). The highest BCUT2D eigenvalue weighted by Gasteiger charge is 2.43. The molecule has 0 aromatic heterocycles. The zero-order chi connectivity index (χ0) is 8.97. The van der Waals surface area contributed by atoms with Crippen molar-refractivity contribution in [2.24, 2.45) is 11.8 Å². The third kappa shape index (κ3) is 2.84. The Balaban J connectivity index is 1.93. The third-order valence-electron chi connectivity index (χ3n) is 2.65. The number of carbonyl (C=O) groups is 1. The fourth-order valence-corrected chi connectivity index (χ4v) is 1.69. The molecule has 12 heavy (non-hydrogen) atoms. The van der Waals surface area contributed by atoms with Gasteiger partial charge in [0, 0.05) is 0 Å². The second kappa shape index (κ2) is 4.48. The zero-order valence-corrected chi connectivity index (χ0v) is 7.71. The maximum atomic E-state index is 10.3. The van der Waals surface area contributed by atoms with Crippen molar-refractivity contribution >= 4 is 5.97 Å². The van der Waals surface area contributed by atoms with Gasteiger partial charge in [0.2, 0.25) is 0 Å². The molecular formula is C10H17O2. The Morgan fingerprint density at radius 2 is 2.08 bits per heavy atom. The average molecular weight is 169 g/mol. The van der Waals surface area contributed by atoms with Gasteiger partial charge in [-0.15, -0.1) is 0 Å². The second-order valence-electron chi connectivity index (χ2n) is 3.77. The lowest BCUT2D eigenvalue weighted by Crippen LogP contribution is -1.97. The molecule has 1 fully saturated rings. The van der Waals surface area contributed by atoms with Crippen LogP contribution in [-0.4, -0.2) is 5.97 Å². The van der Waals surface area contributed by atoms with Crippen LogP contribution in [0.5, 0.6) is 0 Å². The fraction of sp³-hybridized carbons (Fsp3) is 0.900. The molecule has 0 heterocycles. The van der Waals surface area contributed by atoms with Gasteiger partial charge in [0.15, 0.2) is 0 Å². The number of hydrogen-bond acceptors (Lipinski definition) is 1. The van der Waals surface area contributed by atoms with E-state index < -0.39 is 5.97 Å². The Labute approximate surface area is 74.0 Å². The molecule has 0 aromatic rings. The maximum absolute atomic E-state index is 10.3. The second-order valence-corrected chi connectivity index (χ2v) is 3.77. The van der Waals surface area contributed by atoms with Crippen LogP contribution in [0.4, 0.5) is 0 Å². The molecule has 0 N–H and O–H groups in total. The summed E-state index contributed by atoms with van der Waals surface area (Å²) < 4.78 is 0. The molecule has 1 radical (unpaired) electrons. The summed E-state index contributed by atoms with van der Waals surface area (Å²) in [7, 11) is 0. The van der Waals surface area contributed by atoms with E-state index in [0.29, 0.717) is 5.92 Å². The summed E-state index contributed by atoms with van der Waals surface area (Å²) in [5.74, 6) is -0.492. The van der Waals surface area contributed by atoms with Crippen LogP contribution in [0.2, 0.25) is 0 Å². The number of carbonyl (C=O) groups excluding carboxylic acids is 1. The Kier molecular flexibility index (Phi) is 3.57. The van der Waals surface area contributed by atoms with Gasteiger partial charge >= 0.3 is 5.97 Å². The van der Waals surface area contributed by atoms with Gasteiger partial charge in [0.1, 0.15) is 0 Å². The first kappa shape index (κ1) is 9.56. The molecule has 2 heteroatoms. The molecule has 1 aliphatic carbocycles. The van der Waals surface area contributed by atoms with Gasteiger partial charge < -0.3 is 0 Å². The molecule has 1 aliphatic rings. The Hall–Kier alpha value is -0.530. The van der Waals surface area contributed by atoms with Gasteiger partial charge in [-0.2, -0.15) is 0 Å². The summed E-state index contributed by atoms with van der Waals surface area (Å²) in [5.41, 5.74) is 0. The van der Waals surface area contributed by atoms with Crippen LogP contribution in [0.25, 0.3) is 0 Å². The van der Waals surface area contributed by atoms with E-state index in [2.05, 4.69) is 6.92 Å². The van der Waals surface area contributed by atoms with Crippen molar-refractivity contribution in [1.82, 2.24) is 0 Å². The van der Waals surface area contributed by atoms with Gasteiger partial charge in [0.25, 0.3) is 0 Å². The van der Waals surface area contributed by atoms with E-state index in [-0.39, 0.29) is 5.92 Å². The molecule has 0 saturated heterocycles. The predicted octanol–water partition coefficient (Wildman–Crippen LogP) is 2.55. The van der Waals surface area contributed by atoms with Crippen LogP contribution >= 0.6 is 0 Å². The Morgan fingerprint density at radius 3 is 2.58 bits per heavy atom. The first-order valence-electron chi connectivity index (χ1n) is 4.96. The van der Waals surface area contributed by atoms with Crippen molar-refractivity contribution < 1.29 is 9.90 Å². The van der Waals surface area contributed by atoms with Gasteiger partial charge in [-0.1, -0.05) is 32.6 Å². The fourth-order valence-electron chi connectivity index (χ4n) is 1.69. The first-order chi connectivity index (χ1) is 5.75. The maximum Gasteiger partial charge on any atom is 0.358 e. The summed E-state index contributed by atoms with van der Waals surface area (Å²) in [6.45, 7) is 2.18. The van der Waals surface area contributed by atoms with Crippen LogP contribution in [0.3, 0.4) is 0 Å². The van der Waals surface area contributed by atoms with Gasteiger partial charge in [-0.3, -0.25) is 0 Å². The summed E-state index contributed by atoms with van der Waals surface area (Å²) in [5, 5.41) is 10.3. The first-order valence-corrected chi connectivity index (χ1v) is 4.96. The zero-order valence-electron chi connectivity index (χ0n) is 7.71. The molecular weight excluding hydrogens is 152 g/mol. The lowest BCUT2D eigenvalue weighted by Gasteiger charge is -1.96. The molecule has 1 saturated carbocycles. The highest BCUT2D eigenvalue weighted by atomic mass is 16.4. The molecule has 0 spiro atoms. The summed E-state index contributed by atoms with van der Waals surface area (Å²) in [4.78, 5) is 10.3. The largest absolute Gasteiger partial charge is 0.358 e. The van der Waals surface area contributed by atoms with E-state index in [1.165, 1.54) is 25.7 Å².